The largest absolute Gasteiger partial charge is 0.455 e. The molecular formula is C9H12O2. The van der Waals surface area contributed by atoms with Crippen LogP contribution in [0.1, 0.15) is 32.6 Å². The molecule has 1 aliphatic heterocycles. The number of cyclic esters (lactones) is 1. The number of rotatable bonds is 0. The van der Waals surface area contributed by atoms with Crippen molar-refractivity contribution in [2.45, 2.75) is 38.7 Å². The van der Waals surface area contributed by atoms with Crippen LogP contribution in [0, 0.1) is 0 Å². The Morgan fingerprint density at radius 1 is 1.36 bits per heavy atom. The lowest BCUT2D eigenvalue weighted by atomic mass is 9.91. The Balaban J connectivity index is 2.32. The molecule has 11 heavy (non-hydrogen) atoms. The summed E-state index contributed by atoms with van der Waals surface area (Å²) >= 11 is 0. The molecule has 0 aromatic heterocycles. The molecule has 2 aliphatic rings. The summed E-state index contributed by atoms with van der Waals surface area (Å²) in [5.41, 5.74) is 2.24. The molecule has 1 heterocycles. The third-order valence-electron chi connectivity index (χ3n) is 2.53. The van der Waals surface area contributed by atoms with Gasteiger partial charge in [0.1, 0.15) is 6.10 Å². The summed E-state index contributed by atoms with van der Waals surface area (Å²) in [5, 5.41) is 0. The highest BCUT2D eigenvalue weighted by atomic mass is 16.5. The van der Waals surface area contributed by atoms with Crippen LogP contribution in [0.5, 0.6) is 0 Å². The molecule has 2 rings (SSSR count). The van der Waals surface area contributed by atoms with E-state index in [0.717, 1.165) is 24.8 Å². The molecule has 2 heteroatoms. The minimum atomic E-state index is -0.0628. The van der Waals surface area contributed by atoms with Crippen LogP contribution in [0.25, 0.3) is 0 Å². The number of carbonyl (C=O) groups is 1. The average molecular weight is 152 g/mol. The first-order valence-corrected chi connectivity index (χ1v) is 4.22. The number of hydrogen-bond acceptors (Lipinski definition) is 2. The minimum Gasteiger partial charge on any atom is -0.455 e. The minimum absolute atomic E-state index is 0.0628. The number of ether oxygens (including phenoxy) is 1. The molecule has 0 unspecified atom stereocenters. The third kappa shape index (κ3) is 0.971. The zero-order chi connectivity index (χ0) is 7.84. The van der Waals surface area contributed by atoms with Crippen molar-refractivity contribution in [1.29, 1.82) is 0 Å². The van der Waals surface area contributed by atoms with Crippen LogP contribution in [0.2, 0.25) is 0 Å². The van der Waals surface area contributed by atoms with Crippen molar-refractivity contribution in [1.82, 2.24) is 0 Å². The third-order valence-corrected chi connectivity index (χ3v) is 2.53. The van der Waals surface area contributed by atoms with E-state index in [2.05, 4.69) is 0 Å². The van der Waals surface area contributed by atoms with Crippen LogP contribution in [0.15, 0.2) is 11.1 Å². The molecule has 0 bridgehead atoms. The molecule has 2 nitrogen and oxygen atoms in total. The maximum Gasteiger partial charge on any atom is 0.334 e. The van der Waals surface area contributed by atoms with Crippen molar-refractivity contribution >= 4 is 5.97 Å². The molecule has 1 atom stereocenters. The van der Waals surface area contributed by atoms with E-state index in [1.807, 2.05) is 6.92 Å². The fourth-order valence-corrected chi connectivity index (χ4v) is 1.91. The first-order valence-electron chi connectivity index (χ1n) is 4.22. The number of esters is 1. The van der Waals surface area contributed by atoms with E-state index >= 15 is 0 Å². The predicted molar refractivity (Wildman–Crippen MR) is 41.0 cm³/mol. The van der Waals surface area contributed by atoms with E-state index in [9.17, 15) is 4.79 Å². The van der Waals surface area contributed by atoms with Crippen molar-refractivity contribution in [3.05, 3.63) is 11.1 Å². The molecular weight excluding hydrogens is 140 g/mol. The first-order chi connectivity index (χ1) is 5.29. The summed E-state index contributed by atoms with van der Waals surface area (Å²) in [6.07, 6.45) is 4.46. The van der Waals surface area contributed by atoms with Gasteiger partial charge in [-0.15, -0.1) is 0 Å². The Morgan fingerprint density at radius 3 is 2.82 bits per heavy atom. The standard InChI is InChI=1S/C9H12O2/c1-6-7-4-2-3-5-8(7)9(10)11-6/h6H,2-5H2,1H3/t6-/m1/s1. The van der Waals surface area contributed by atoms with Gasteiger partial charge in [-0.25, -0.2) is 4.79 Å². The quantitative estimate of drug-likeness (QED) is 0.495. The number of carbonyl (C=O) groups excluding carboxylic acids is 1. The first kappa shape index (κ1) is 6.89. The van der Waals surface area contributed by atoms with E-state index in [4.69, 9.17) is 4.74 Å². The second-order valence-corrected chi connectivity index (χ2v) is 3.26. The summed E-state index contributed by atoms with van der Waals surface area (Å²) in [5.74, 6) is -0.0628. The Bertz CT molecular complexity index is 228. The normalized spacial score (nSPS) is 30.3. The molecule has 0 N–H and O–H groups in total. The second-order valence-electron chi connectivity index (χ2n) is 3.26. The molecule has 0 aromatic rings. The molecule has 0 radical (unpaired) electrons. The van der Waals surface area contributed by atoms with Gasteiger partial charge in [0.25, 0.3) is 0 Å². The monoisotopic (exact) mass is 152 g/mol. The van der Waals surface area contributed by atoms with E-state index in [0.29, 0.717) is 0 Å². The van der Waals surface area contributed by atoms with Gasteiger partial charge in [-0.2, -0.15) is 0 Å². The molecule has 0 saturated heterocycles. The van der Waals surface area contributed by atoms with Crippen LogP contribution in [-0.4, -0.2) is 12.1 Å². The fraction of sp³-hybridized carbons (Fsp3) is 0.667. The second kappa shape index (κ2) is 2.36. The van der Waals surface area contributed by atoms with Crippen LogP contribution >= 0.6 is 0 Å². The molecule has 60 valence electrons. The van der Waals surface area contributed by atoms with Crippen LogP contribution in [0.3, 0.4) is 0 Å². The lowest BCUT2D eigenvalue weighted by Gasteiger charge is -2.12. The molecule has 0 spiro atoms. The van der Waals surface area contributed by atoms with Gasteiger partial charge in [-0.1, -0.05) is 0 Å². The van der Waals surface area contributed by atoms with Gasteiger partial charge in [-0.3, -0.25) is 0 Å². The van der Waals surface area contributed by atoms with E-state index in [1.54, 1.807) is 0 Å². The van der Waals surface area contributed by atoms with Gasteiger partial charge < -0.3 is 4.74 Å². The van der Waals surface area contributed by atoms with Crippen molar-refractivity contribution in [3.63, 3.8) is 0 Å². The van der Waals surface area contributed by atoms with Gasteiger partial charge in [0.15, 0.2) is 0 Å². The van der Waals surface area contributed by atoms with Crippen molar-refractivity contribution in [3.8, 4) is 0 Å². The van der Waals surface area contributed by atoms with Crippen LogP contribution < -0.4 is 0 Å². The zero-order valence-electron chi connectivity index (χ0n) is 6.72. The van der Waals surface area contributed by atoms with Gasteiger partial charge in [0.05, 0.1) is 0 Å². The topological polar surface area (TPSA) is 26.3 Å². The number of hydrogen-bond donors (Lipinski definition) is 0. The molecule has 0 saturated carbocycles. The molecule has 0 amide bonds. The summed E-state index contributed by atoms with van der Waals surface area (Å²) in [4.78, 5) is 11.1. The van der Waals surface area contributed by atoms with E-state index in [-0.39, 0.29) is 12.1 Å². The van der Waals surface area contributed by atoms with Crippen molar-refractivity contribution in [2.75, 3.05) is 0 Å². The van der Waals surface area contributed by atoms with Gasteiger partial charge in [-0.05, 0) is 38.2 Å². The van der Waals surface area contributed by atoms with Crippen LogP contribution in [-0.2, 0) is 9.53 Å². The summed E-state index contributed by atoms with van der Waals surface area (Å²) in [6, 6.07) is 0. The maximum absolute atomic E-state index is 11.1. The van der Waals surface area contributed by atoms with Crippen molar-refractivity contribution < 1.29 is 9.53 Å². The molecule has 0 fully saturated rings. The Morgan fingerprint density at radius 2 is 2.09 bits per heavy atom. The average Bonchev–Trinajstić information content (AvgIpc) is 2.30. The van der Waals surface area contributed by atoms with Crippen molar-refractivity contribution in [2.24, 2.45) is 0 Å². The lowest BCUT2D eigenvalue weighted by Crippen LogP contribution is -2.05. The van der Waals surface area contributed by atoms with E-state index < -0.39 is 0 Å². The summed E-state index contributed by atoms with van der Waals surface area (Å²) < 4.78 is 5.10. The zero-order valence-corrected chi connectivity index (χ0v) is 6.72. The molecule has 1 aliphatic carbocycles. The maximum atomic E-state index is 11.1. The van der Waals surface area contributed by atoms with Gasteiger partial charge >= 0.3 is 5.97 Å². The van der Waals surface area contributed by atoms with Gasteiger partial charge in [0, 0.05) is 5.57 Å². The highest BCUT2D eigenvalue weighted by molar-refractivity contribution is 5.92. The van der Waals surface area contributed by atoms with Crippen LogP contribution in [0.4, 0.5) is 0 Å². The van der Waals surface area contributed by atoms with Gasteiger partial charge in [0.2, 0.25) is 0 Å². The Hall–Kier alpha value is -0.790. The highest BCUT2D eigenvalue weighted by Crippen LogP contribution is 2.33. The molecule has 0 aromatic carbocycles. The Kier molecular flexibility index (Phi) is 1.48. The lowest BCUT2D eigenvalue weighted by molar-refractivity contribution is -0.139. The SMILES string of the molecule is C[C@H]1OC(=O)C2=C1CCCC2. The smallest absolute Gasteiger partial charge is 0.334 e. The highest BCUT2D eigenvalue weighted by Gasteiger charge is 2.31. The summed E-state index contributed by atoms with van der Waals surface area (Å²) in [6.45, 7) is 1.96. The van der Waals surface area contributed by atoms with E-state index in [1.165, 1.54) is 12.0 Å². The fourth-order valence-electron chi connectivity index (χ4n) is 1.91. The summed E-state index contributed by atoms with van der Waals surface area (Å²) in [7, 11) is 0. The predicted octanol–water partition coefficient (Wildman–Crippen LogP) is 1.80. The Labute approximate surface area is 66.2 Å².